The van der Waals surface area contributed by atoms with Gasteiger partial charge in [0, 0.05) is 17.0 Å². The highest BCUT2D eigenvalue weighted by Gasteiger charge is 2.41. The van der Waals surface area contributed by atoms with Crippen molar-refractivity contribution < 1.29 is 0 Å². The summed E-state index contributed by atoms with van der Waals surface area (Å²) >= 11 is 7.64. The number of thiophene rings is 1. The van der Waals surface area contributed by atoms with Crippen LogP contribution in [0.1, 0.15) is 30.7 Å². The van der Waals surface area contributed by atoms with Crippen molar-refractivity contribution in [3.63, 3.8) is 0 Å². The number of hydrogen-bond donors (Lipinski definition) is 1. The minimum absolute atomic E-state index is 0.428. The predicted octanol–water partition coefficient (Wildman–Crippen LogP) is 4.02. The normalized spacial score (nSPS) is 33.5. The van der Waals surface area contributed by atoms with E-state index in [1.165, 1.54) is 17.7 Å². The van der Waals surface area contributed by atoms with E-state index in [0.29, 0.717) is 12.1 Å². The van der Waals surface area contributed by atoms with Crippen LogP contribution in [0.5, 0.6) is 0 Å². The molecule has 1 nitrogen and oxygen atoms in total. The van der Waals surface area contributed by atoms with E-state index in [9.17, 15) is 0 Å². The Labute approximate surface area is 106 Å². The van der Waals surface area contributed by atoms with E-state index < -0.39 is 0 Å². The second-order valence-electron chi connectivity index (χ2n) is 4.87. The Morgan fingerprint density at radius 3 is 3.06 bits per heavy atom. The summed E-state index contributed by atoms with van der Waals surface area (Å²) in [6.07, 6.45) is 7.35. The second kappa shape index (κ2) is 4.17. The molecule has 4 unspecified atom stereocenters. The number of fused-ring (bicyclic) bond motifs is 1. The third-order valence-electron chi connectivity index (χ3n) is 3.85. The largest absolute Gasteiger partial charge is 0.306 e. The maximum absolute atomic E-state index is 5.96. The van der Waals surface area contributed by atoms with Crippen LogP contribution in [0.2, 0.25) is 4.34 Å². The molecule has 4 atom stereocenters. The molecular weight excluding hydrogens is 238 g/mol. The molecule has 0 spiro atoms. The lowest BCUT2D eigenvalue weighted by Crippen LogP contribution is -2.48. The highest BCUT2D eigenvalue weighted by Crippen LogP contribution is 2.43. The molecule has 3 heteroatoms. The number of allylic oxidation sites excluding steroid dienone is 1. The van der Waals surface area contributed by atoms with Crippen molar-refractivity contribution in [1.29, 1.82) is 0 Å². The van der Waals surface area contributed by atoms with Crippen LogP contribution in [-0.2, 0) is 0 Å². The van der Waals surface area contributed by atoms with Gasteiger partial charge in [-0.15, -0.1) is 11.3 Å². The van der Waals surface area contributed by atoms with E-state index in [1.54, 1.807) is 11.3 Å². The van der Waals surface area contributed by atoms with Gasteiger partial charge >= 0.3 is 0 Å². The smallest absolute Gasteiger partial charge is 0.0931 e. The van der Waals surface area contributed by atoms with Crippen molar-refractivity contribution >= 4 is 22.9 Å². The first-order chi connectivity index (χ1) is 7.74. The van der Waals surface area contributed by atoms with Crippen LogP contribution in [-0.4, -0.2) is 6.04 Å². The van der Waals surface area contributed by atoms with Gasteiger partial charge in [0.25, 0.3) is 0 Å². The van der Waals surface area contributed by atoms with Gasteiger partial charge in [-0.05, 0) is 43.7 Å². The molecule has 0 aromatic carbocycles. The standard InChI is InChI=1S/C13H16ClNS/c1-8(12-5-6-13(14)16-12)15-11-7-9-3-2-4-10(9)11/h2,4-6,8-11,15H,3,7H2,1H3. The lowest BCUT2D eigenvalue weighted by atomic mass is 9.71. The molecule has 1 N–H and O–H groups in total. The van der Waals surface area contributed by atoms with Crippen LogP contribution in [0.25, 0.3) is 0 Å². The summed E-state index contributed by atoms with van der Waals surface area (Å²) in [7, 11) is 0. The molecule has 2 aliphatic carbocycles. The molecule has 1 saturated carbocycles. The summed E-state index contributed by atoms with van der Waals surface area (Å²) in [5.74, 6) is 1.72. The van der Waals surface area contributed by atoms with Crippen molar-refractivity contribution in [2.45, 2.75) is 31.8 Å². The highest BCUT2D eigenvalue weighted by molar-refractivity contribution is 7.16. The van der Waals surface area contributed by atoms with Crippen molar-refractivity contribution in [3.8, 4) is 0 Å². The summed E-state index contributed by atoms with van der Waals surface area (Å²) in [5.41, 5.74) is 0. The molecule has 2 aliphatic rings. The molecule has 1 aromatic heterocycles. The van der Waals surface area contributed by atoms with Crippen LogP contribution in [0.15, 0.2) is 24.3 Å². The summed E-state index contributed by atoms with van der Waals surface area (Å²) in [5, 5.41) is 3.72. The van der Waals surface area contributed by atoms with Crippen LogP contribution in [0, 0.1) is 11.8 Å². The fourth-order valence-electron chi connectivity index (χ4n) is 2.87. The first-order valence-electron chi connectivity index (χ1n) is 5.92. The van der Waals surface area contributed by atoms with Crippen molar-refractivity contribution in [2.24, 2.45) is 11.8 Å². The minimum Gasteiger partial charge on any atom is -0.306 e. The molecule has 1 fully saturated rings. The van der Waals surface area contributed by atoms with E-state index in [2.05, 4.69) is 30.5 Å². The van der Waals surface area contributed by atoms with Gasteiger partial charge in [0.05, 0.1) is 4.34 Å². The van der Waals surface area contributed by atoms with E-state index in [4.69, 9.17) is 11.6 Å². The fraction of sp³-hybridized carbons (Fsp3) is 0.538. The van der Waals surface area contributed by atoms with Crippen LogP contribution in [0.3, 0.4) is 0 Å². The van der Waals surface area contributed by atoms with Gasteiger partial charge in [-0.1, -0.05) is 23.8 Å². The third kappa shape index (κ3) is 1.83. The first-order valence-corrected chi connectivity index (χ1v) is 7.11. The zero-order valence-corrected chi connectivity index (χ0v) is 10.9. The Hall–Kier alpha value is -0.310. The van der Waals surface area contributed by atoms with E-state index >= 15 is 0 Å². The van der Waals surface area contributed by atoms with Gasteiger partial charge in [0.2, 0.25) is 0 Å². The zero-order chi connectivity index (χ0) is 11.1. The topological polar surface area (TPSA) is 12.0 Å². The Balaban J connectivity index is 1.61. The molecule has 1 heterocycles. The molecule has 0 saturated heterocycles. The molecule has 0 radical (unpaired) electrons. The molecule has 0 aliphatic heterocycles. The molecule has 0 amide bonds. The maximum Gasteiger partial charge on any atom is 0.0931 e. The summed E-state index contributed by atoms with van der Waals surface area (Å²) < 4.78 is 0.885. The Morgan fingerprint density at radius 2 is 2.38 bits per heavy atom. The SMILES string of the molecule is CC(NC1CC2CC=CC21)c1ccc(Cl)s1. The van der Waals surface area contributed by atoms with Gasteiger partial charge in [-0.25, -0.2) is 0 Å². The maximum atomic E-state index is 5.96. The monoisotopic (exact) mass is 253 g/mol. The Bertz CT molecular complexity index is 412. The van der Waals surface area contributed by atoms with Crippen LogP contribution >= 0.6 is 22.9 Å². The summed E-state index contributed by atoms with van der Waals surface area (Å²) in [4.78, 5) is 1.34. The van der Waals surface area contributed by atoms with Crippen LogP contribution < -0.4 is 5.32 Å². The lowest BCUT2D eigenvalue weighted by molar-refractivity contribution is 0.153. The second-order valence-corrected chi connectivity index (χ2v) is 6.62. The quantitative estimate of drug-likeness (QED) is 0.803. The van der Waals surface area contributed by atoms with Crippen LogP contribution in [0.4, 0.5) is 0 Å². The number of hydrogen-bond acceptors (Lipinski definition) is 2. The number of rotatable bonds is 3. The average molecular weight is 254 g/mol. The van der Waals surface area contributed by atoms with E-state index in [1.807, 2.05) is 6.07 Å². The van der Waals surface area contributed by atoms with Gasteiger partial charge in [-0.2, -0.15) is 0 Å². The zero-order valence-electron chi connectivity index (χ0n) is 9.32. The first kappa shape index (κ1) is 10.8. The van der Waals surface area contributed by atoms with Crippen molar-refractivity contribution in [1.82, 2.24) is 5.32 Å². The van der Waals surface area contributed by atoms with Gasteiger partial charge in [0.1, 0.15) is 0 Å². The fourth-order valence-corrected chi connectivity index (χ4v) is 3.94. The van der Waals surface area contributed by atoms with E-state index in [0.717, 1.165) is 16.2 Å². The van der Waals surface area contributed by atoms with E-state index in [-0.39, 0.29) is 0 Å². The highest BCUT2D eigenvalue weighted by atomic mass is 35.5. The molecule has 3 rings (SSSR count). The van der Waals surface area contributed by atoms with Gasteiger partial charge in [-0.3, -0.25) is 0 Å². The third-order valence-corrected chi connectivity index (χ3v) is 5.26. The Morgan fingerprint density at radius 1 is 1.50 bits per heavy atom. The molecule has 16 heavy (non-hydrogen) atoms. The molecule has 0 bridgehead atoms. The average Bonchev–Trinajstić information content (AvgIpc) is 2.81. The Kier molecular flexibility index (Phi) is 2.82. The predicted molar refractivity (Wildman–Crippen MR) is 70.0 cm³/mol. The number of halogens is 1. The number of nitrogens with one attached hydrogen (secondary N) is 1. The van der Waals surface area contributed by atoms with Crippen molar-refractivity contribution in [2.75, 3.05) is 0 Å². The van der Waals surface area contributed by atoms with Gasteiger partial charge in [0.15, 0.2) is 0 Å². The molecule has 1 aromatic rings. The van der Waals surface area contributed by atoms with Gasteiger partial charge < -0.3 is 5.32 Å². The molecular formula is C13H16ClNS. The lowest BCUT2D eigenvalue weighted by Gasteiger charge is -2.42. The molecule has 86 valence electrons. The summed E-state index contributed by atoms with van der Waals surface area (Å²) in [6.45, 7) is 2.23. The minimum atomic E-state index is 0.428. The summed E-state index contributed by atoms with van der Waals surface area (Å²) in [6, 6.07) is 5.22. The van der Waals surface area contributed by atoms with Crippen molar-refractivity contribution in [3.05, 3.63) is 33.5 Å².